The highest BCUT2D eigenvalue weighted by atomic mass is 16.7. The second-order valence-corrected chi connectivity index (χ2v) is 13.1. The van der Waals surface area contributed by atoms with Gasteiger partial charge in [-0.2, -0.15) is 0 Å². The topological polar surface area (TPSA) is 157 Å². The van der Waals surface area contributed by atoms with Crippen molar-refractivity contribution >= 4 is 23.5 Å². The molecule has 0 aromatic carbocycles. The molecule has 10 heteroatoms. The molecule has 0 aromatic rings. The summed E-state index contributed by atoms with van der Waals surface area (Å²) in [4.78, 5) is 54.6. The molecule has 1 saturated carbocycles. The van der Waals surface area contributed by atoms with Crippen LogP contribution in [0.1, 0.15) is 53.4 Å². The summed E-state index contributed by atoms with van der Waals surface area (Å²) in [5.41, 5.74) is -8.02. The molecule has 3 aliphatic carbocycles. The molecule has 12 atom stereocenters. The van der Waals surface area contributed by atoms with E-state index in [2.05, 4.69) is 0 Å². The quantitative estimate of drug-likeness (QED) is 0.379. The molecule has 0 aromatic heterocycles. The van der Waals surface area contributed by atoms with Crippen LogP contribution in [0.4, 0.5) is 0 Å². The van der Waals surface area contributed by atoms with Crippen LogP contribution in [0.25, 0.3) is 0 Å². The third kappa shape index (κ3) is 2.19. The number of aliphatic hydroxyl groups excluding tert-OH is 1. The number of carbonyl (C=O) groups is 4. The summed E-state index contributed by atoms with van der Waals surface area (Å²) in [5.74, 6) is -9.49. The van der Waals surface area contributed by atoms with Crippen molar-refractivity contribution in [2.24, 2.45) is 34.5 Å². The Morgan fingerprint density at radius 1 is 1.08 bits per heavy atom. The van der Waals surface area contributed by atoms with Gasteiger partial charge in [-0.15, -0.1) is 0 Å². The Hall–Kier alpha value is -2.40. The largest absolute Gasteiger partial charge is 0.458 e. The predicted molar refractivity (Wildman–Crippen MR) is 126 cm³/mol. The zero-order valence-corrected chi connectivity index (χ0v) is 21.7. The number of hydrogen-bond acceptors (Lipinski definition) is 10. The highest BCUT2D eigenvalue weighted by Crippen LogP contribution is 2.73. The van der Waals surface area contributed by atoms with Crippen molar-refractivity contribution in [3.05, 3.63) is 23.8 Å². The summed E-state index contributed by atoms with van der Waals surface area (Å²) in [6.07, 6.45) is 2.64. The van der Waals surface area contributed by atoms with E-state index in [4.69, 9.17) is 14.2 Å². The van der Waals surface area contributed by atoms with Crippen LogP contribution >= 0.6 is 0 Å². The van der Waals surface area contributed by atoms with E-state index >= 15 is 0 Å². The lowest BCUT2D eigenvalue weighted by Gasteiger charge is -2.61. The van der Waals surface area contributed by atoms with E-state index in [0.29, 0.717) is 5.57 Å². The summed E-state index contributed by atoms with van der Waals surface area (Å²) in [7, 11) is 0. The second-order valence-electron chi connectivity index (χ2n) is 13.1. The number of carbonyl (C=O) groups excluding carboxylic acids is 4. The van der Waals surface area contributed by atoms with Crippen LogP contribution in [0.5, 0.6) is 0 Å². The summed E-state index contributed by atoms with van der Waals surface area (Å²) < 4.78 is 18.0. The number of esters is 2. The van der Waals surface area contributed by atoms with Crippen molar-refractivity contribution < 1.29 is 48.7 Å². The van der Waals surface area contributed by atoms with Gasteiger partial charge >= 0.3 is 11.9 Å². The van der Waals surface area contributed by atoms with Crippen LogP contribution in [0, 0.1) is 34.5 Å². The molecule has 7 rings (SSSR count). The van der Waals surface area contributed by atoms with Gasteiger partial charge in [-0.05, 0) is 50.0 Å². The molecule has 1 spiro atoms. The number of aliphatic hydroxyl groups is 3. The average Bonchev–Trinajstić information content (AvgIpc) is 3.19. The monoisotopic (exact) mass is 528 g/mol. The maximum atomic E-state index is 14.6. The van der Waals surface area contributed by atoms with Crippen LogP contribution in [-0.2, 0) is 33.4 Å². The molecule has 4 heterocycles. The molecule has 0 amide bonds. The highest BCUT2D eigenvalue weighted by Gasteiger charge is 2.92. The van der Waals surface area contributed by atoms with Gasteiger partial charge in [0.25, 0.3) is 0 Å². The molecule has 5 fully saturated rings. The van der Waals surface area contributed by atoms with E-state index < -0.39 is 87.0 Å². The maximum absolute atomic E-state index is 14.6. The van der Waals surface area contributed by atoms with E-state index in [1.807, 2.05) is 0 Å². The van der Waals surface area contributed by atoms with Crippen LogP contribution in [0.3, 0.4) is 0 Å². The number of hydrogen-bond donors (Lipinski definition) is 3. The fourth-order valence-electron chi connectivity index (χ4n) is 9.48. The average molecular weight is 529 g/mol. The molecule has 10 nitrogen and oxygen atoms in total. The summed E-state index contributed by atoms with van der Waals surface area (Å²) in [6, 6.07) is 0. The lowest BCUT2D eigenvalue weighted by Crippen LogP contribution is -2.78. The minimum atomic E-state index is -2.67. The zero-order chi connectivity index (χ0) is 27.4. The normalized spacial score (nSPS) is 58.1. The fourth-order valence-corrected chi connectivity index (χ4v) is 9.48. The standard InChI is InChI=1S/C28H32O10/c1-12-21(32)36-17-11-23(12,2)19-20(31)27(35)18-14(24(3)13(10-15(18)29)6-5-7-16(24)30)8-9-26(34)22(33)37-25(17,4)28(19,26)38-27/h5-6,10,12,14-15,17-19,29,34-35H,7-9,11H2,1-4H3. The van der Waals surface area contributed by atoms with Crippen molar-refractivity contribution in [3.63, 3.8) is 0 Å². The lowest BCUT2D eigenvalue weighted by atomic mass is 9.46. The molecule has 4 aliphatic heterocycles. The van der Waals surface area contributed by atoms with E-state index in [1.54, 1.807) is 32.9 Å². The summed E-state index contributed by atoms with van der Waals surface area (Å²) >= 11 is 0. The minimum absolute atomic E-state index is 0.0287. The Morgan fingerprint density at radius 2 is 1.79 bits per heavy atom. The highest BCUT2D eigenvalue weighted by molar-refractivity contribution is 5.99. The number of allylic oxidation sites excluding steroid dienone is 3. The van der Waals surface area contributed by atoms with Gasteiger partial charge in [0.15, 0.2) is 22.6 Å². The first-order valence-electron chi connectivity index (χ1n) is 13.4. The smallest absolute Gasteiger partial charge is 0.342 e. The van der Waals surface area contributed by atoms with Crippen molar-refractivity contribution in [2.75, 3.05) is 0 Å². The molecule has 12 unspecified atom stereocenters. The lowest BCUT2D eigenvalue weighted by molar-refractivity contribution is -0.350. The third-order valence-electron chi connectivity index (χ3n) is 11.8. The van der Waals surface area contributed by atoms with Gasteiger partial charge in [-0.3, -0.25) is 14.4 Å². The van der Waals surface area contributed by atoms with Crippen molar-refractivity contribution in [2.45, 2.75) is 88.2 Å². The van der Waals surface area contributed by atoms with Crippen LogP contribution in [0.15, 0.2) is 23.8 Å². The van der Waals surface area contributed by atoms with Crippen LogP contribution in [0.2, 0.25) is 0 Å². The molecule has 4 saturated heterocycles. The Bertz CT molecular complexity index is 1300. The van der Waals surface area contributed by atoms with Crippen molar-refractivity contribution in [1.82, 2.24) is 0 Å². The van der Waals surface area contributed by atoms with E-state index in [-0.39, 0.29) is 31.5 Å². The fraction of sp³-hybridized carbons (Fsp3) is 0.714. The van der Waals surface area contributed by atoms with E-state index in [9.17, 15) is 34.5 Å². The molecule has 4 bridgehead atoms. The molecule has 204 valence electrons. The van der Waals surface area contributed by atoms with Gasteiger partial charge in [0.2, 0.25) is 5.79 Å². The number of Topliss-reactive ketones (excluding diaryl/α,β-unsaturated/α-hetero) is 2. The van der Waals surface area contributed by atoms with E-state index in [1.165, 1.54) is 13.0 Å². The van der Waals surface area contributed by atoms with Crippen molar-refractivity contribution in [3.8, 4) is 0 Å². The Balaban J connectivity index is 1.52. The third-order valence-corrected chi connectivity index (χ3v) is 11.8. The predicted octanol–water partition coefficient (Wildman–Crippen LogP) is 0.510. The zero-order valence-electron chi connectivity index (χ0n) is 21.7. The van der Waals surface area contributed by atoms with E-state index in [0.717, 1.165) is 0 Å². The first-order valence-corrected chi connectivity index (χ1v) is 13.4. The number of rotatable bonds is 0. The molecule has 3 N–H and O–H groups in total. The number of ketones is 2. The van der Waals surface area contributed by atoms with Crippen LogP contribution < -0.4 is 0 Å². The van der Waals surface area contributed by atoms with Gasteiger partial charge in [0.1, 0.15) is 11.9 Å². The molecular formula is C28H32O10. The minimum Gasteiger partial charge on any atom is -0.458 e. The molecule has 0 radical (unpaired) electrons. The Labute approximate surface area is 219 Å². The Kier molecular flexibility index (Phi) is 4.31. The first-order chi connectivity index (χ1) is 17.6. The Morgan fingerprint density at radius 3 is 2.50 bits per heavy atom. The summed E-state index contributed by atoms with van der Waals surface area (Å²) in [6.45, 7) is 6.53. The first kappa shape index (κ1) is 24.6. The number of ether oxygens (including phenoxy) is 3. The molecule has 38 heavy (non-hydrogen) atoms. The van der Waals surface area contributed by atoms with Crippen molar-refractivity contribution in [1.29, 1.82) is 0 Å². The van der Waals surface area contributed by atoms with Gasteiger partial charge in [0, 0.05) is 6.42 Å². The molecular weight excluding hydrogens is 496 g/mol. The summed E-state index contributed by atoms with van der Waals surface area (Å²) in [5, 5.41) is 36.1. The second kappa shape index (κ2) is 6.66. The van der Waals surface area contributed by atoms with Gasteiger partial charge < -0.3 is 29.5 Å². The maximum Gasteiger partial charge on any atom is 0.342 e. The SMILES string of the molecule is CC1C(=O)OC2CC1(C)C1C(=O)C3(O)OC14C(O)(CCC1C3C(O)C=C3C=CCC(=O)C31C)C(=O)OC24C. The van der Waals surface area contributed by atoms with Gasteiger partial charge in [0.05, 0.1) is 29.3 Å². The van der Waals surface area contributed by atoms with Crippen LogP contribution in [-0.4, -0.2) is 73.6 Å². The number of fused-ring (bicyclic) bond motifs is 9. The van der Waals surface area contributed by atoms with Gasteiger partial charge in [-0.1, -0.05) is 32.1 Å². The molecule has 7 aliphatic rings. The van der Waals surface area contributed by atoms with Gasteiger partial charge in [-0.25, -0.2) is 4.79 Å².